The van der Waals surface area contributed by atoms with Crippen molar-refractivity contribution in [1.29, 1.82) is 0 Å². The molecule has 1 saturated heterocycles. The highest BCUT2D eigenvalue weighted by molar-refractivity contribution is 9.10. The number of hydrogen-bond donors (Lipinski definition) is 1. The topological polar surface area (TPSA) is 63.4 Å². The van der Waals surface area contributed by atoms with Gasteiger partial charge in [0.1, 0.15) is 0 Å². The summed E-state index contributed by atoms with van der Waals surface area (Å²) < 4.78 is 27.2. The molecule has 2 N–H and O–H groups in total. The van der Waals surface area contributed by atoms with Gasteiger partial charge < -0.3 is 5.73 Å². The molecule has 7 heteroatoms. The summed E-state index contributed by atoms with van der Waals surface area (Å²) in [5.41, 5.74) is 6.39. The first-order chi connectivity index (χ1) is 8.55. The Kier molecular flexibility index (Phi) is 4.71. The molecule has 100 valence electrons. The van der Waals surface area contributed by atoms with E-state index in [1.54, 1.807) is 28.2 Å². The molecule has 0 aromatic heterocycles. The second-order valence-corrected chi connectivity index (χ2v) is 7.97. The van der Waals surface area contributed by atoms with Crippen molar-refractivity contribution in [3.63, 3.8) is 0 Å². The van der Waals surface area contributed by atoms with Crippen LogP contribution in [0.3, 0.4) is 0 Å². The lowest BCUT2D eigenvalue weighted by atomic mass is 10.2. The molecular weight excluding hydrogens is 336 g/mol. The normalized spacial score (nSPS) is 17.9. The Morgan fingerprint density at radius 3 is 2.61 bits per heavy atom. The fourth-order valence-corrected chi connectivity index (χ4v) is 5.35. The van der Waals surface area contributed by atoms with Crippen molar-refractivity contribution in [1.82, 2.24) is 4.31 Å². The van der Waals surface area contributed by atoms with Crippen LogP contribution in [0.4, 0.5) is 0 Å². The highest BCUT2D eigenvalue weighted by Gasteiger charge is 2.28. The minimum Gasteiger partial charge on any atom is -0.326 e. The van der Waals surface area contributed by atoms with Gasteiger partial charge in [-0.1, -0.05) is 6.07 Å². The first-order valence-electron chi connectivity index (χ1n) is 5.62. The Morgan fingerprint density at radius 2 is 2.00 bits per heavy atom. The van der Waals surface area contributed by atoms with Crippen molar-refractivity contribution in [3.8, 4) is 0 Å². The summed E-state index contributed by atoms with van der Waals surface area (Å²) in [6, 6.07) is 5.23. The number of nitrogens with two attached hydrogens (primary N) is 1. The van der Waals surface area contributed by atoms with E-state index in [9.17, 15) is 8.42 Å². The predicted octanol–water partition coefficient (Wildman–Crippen LogP) is 1.65. The smallest absolute Gasteiger partial charge is 0.244 e. The number of nitrogens with zero attached hydrogens (tertiary/aromatic N) is 1. The van der Waals surface area contributed by atoms with Crippen LogP contribution >= 0.6 is 27.7 Å². The first-order valence-corrected chi connectivity index (χ1v) is 9.01. The van der Waals surface area contributed by atoms with E-state index >= 15 is 0 Å². The third kappa shape index (κ3) is 2.91. The molecule has 4 nitrogen and oxygen atoms in total. The minimum absolute atomic E-state index is 0.317. The second-order valence-electron chi connectivity index (χ2n) is 3.99. The molecule has 1 aliphatic rings. The van der Waals surface area contributed by atoms with Crippen molar-refractivity contribution >= 4 is 37.7 Å². The minimum atomic E-state index is -3.41. The predicted molar refractivity (Wildman–Crippen MR) is 78.1 cm³/mol. The van der Waals surface area contributed by atoms with Gasteiger partial charge in [0.05, 0.1) is 4.90 Å². The van der Waals surface area contributed by atoms with E-state index < -0.39 is 10.0 Å². The number of hydrogen-bond acceptors (Lipinski definition) is 4. The Morgan fingerprint density at radius 1 is 1.33 bits per heavy atom. The van der Waals surface area contributed by atoms with Crippen LogP contribution in [-0.2, 0) is 16.6 Å². The maximum Gasteiger partial charge on any atom is 0.244 e. The van der Waals surface area contributed by atoms with E-state index in [-0.39, 0.29) is 0 Å². The van der Waals surface area contributed by atoms with Crippen LogP contribution in [0.2, 0.25) is 0 Å². The van der Waals surface area contributed by atoms with Gasteiger partial charge in [0.25, 0.3) is 0 Å². The summed E-state index contributed by atoms with van der Waals surface area (Å²) in [5.74, 6) is 1.71. The van der Waals surface area contributed by atoms with Crippen LogP contribution in [0.5, 0.6) is 0 Å². The van der Waals surface area contributed by atoms with Gasteiger partial charge in [-0.3, -0.25) is 0 Å². The van der Waals surface area contributed by atoms with Crippen LogP contribution in [-0.4, -0.2) is 37.3 Å². The van der Waals surface area contributed by atoms with E-state index in [2.05, 4.69) is 15.9 Å². The molecule has 18 heavy (non-hydrogen) atoms. The molecular formula is C11H15BrN2O2S2. The van der Waals surface area contributed by atoms with Crippen LogP contribution < -0.4 is 5.73 Å². The highest BCUT2D eigenvalue weighted by Crippen LogP contribution is 2.27. The van der Waals surface area contributed by atoms with E-state index in [4.69, 9.17) is 5.73 Å². The van der Waals surface area contributed by atoms with Gasteiger partial charge in [0, 0.05) is 35.6 Å². The maximum atomic E-state index is 12.5. The Bertz CT molecular complexity index is 528. The molecule has 0 radical (unpaired) electrons. The lowest BCUT2D eigenvalue weighted by molar-refractivity contribution is 0.443. The van der Waals surface area contributed by atoms with Crippen LogP contribution in [0.25, 0.3) is 0 Å². The summed E-state index contributed by atoms with van der Waals surface area (Å²) >= 11 is 5.09. The number of rotatable bonds is 3. The van der Waals surface area contributed by atoms with E-state index in [0.717, 1.165) is 17.1 Å². The summed E-state index contributed by atoms with van der Waals surface area (Å²) in [6.07, 6.45) is 0. The molecule has 0 aliphatic carbocycles. The number of benzene rings is 1. The van der Waals surface area contributed by atoms with Gasteiger partial charge in [-0.2, -0.15) is 16.1 Å². The maximum absolute atomic E-state index is 12.5. The fourth-order valence-electron chi connectivity index (χ4n) is 1.80. The molecule has 2 rings (SSSR count). The van der Waals surface area contributed by atoms with E-state index in [1.807, 2.05) is 6.07 Å². The molecule has 1 aromatic rings. The second kappa shape index (κ2) is 5.92. The monoisotopic (exact) mass is 350 g/mol. The Labute approximate surface area is 120 Å². The lowest BCUT2D eigenvalue weighted by Crippen LogP contribution is -2.38. The lowest BCUT2D eigenvalue weighted by Gasteiger charge is -2.26. The summed E-state index contributed by atoms with van der Waals surface area (Å²) in [5, 5.41) is 0. The fraction of sp³-hybridized carbons (Fsp3) is 0.455. The molecule has 1 aromatic carbocycles. The largest absolute Gasteiger partial charge is 0.326 e. The molecule has 0 bridgehead atoms. The van der Waals surface area contributed by atoms with Gasteiger partial charge in [-0.05, 0) is 33.6 Å². The van der Waals surface area contributed by atoms with E-state index in [1.165, 1.54) is 0 Å². The quantitative estimate of drug-likeness (QED) is 0.899. The first kappa shape index (κ1) is 14.3. The highest BCUT2D eigenvalue weighted by atomic mass is 79.9. The average Bonchev–Trinajstić information content (AvgIpc) is 2.40. The number of sulfonamides is 1. The molecule has 0 atom stereocenters. The molecule has 0 spiro atoms. The van der Waals surface area contributed by atoms with Crippen molar-refractivity contribution in [2.45, 2.75) is 11.4 Å². The van der Waals surface area contributed by atoms with Crippen molar-refractivity contribution in [2.24, 2.45) is 5.73 Å². The van der Waals surface area contributed by atoms with E-state index in [0.29, 0.717) is 29.0 Å². The van der Waals surface area contributed by atoms with Gasteiger partial charge in [-0.25, -0.2) is 8.42 Å². The summed E-state index contributed by atoms with van der Waals surface area (Å²) in [7, 11) is -3.41. The van der Waals surface area contributed by atoms with Gasteiger partial charge in [0.15, 0.2) is 0 Å². The zero-order valence-electron chi connectivity index (χ0n) is 9.80. The van der Waals surface area contributed by atoms with Crippen molar-refractivity contribution in [3.05, 3.63) is 28.2 Å². The average molecular weight is 351 g/mol. The molecule has 0 amide bonds. The molecule has 0 unspecified atom stereocenters. The van der Waals surface area contributed by atoms with Crippen molar-refractivity contribution < 1.29 is 8.42 Å². The molecule has 0 saturated carbocycles. The van der Waals surface area contributed by atoms with Crippen LogP contribution in [0.15, 0.2) is 27.6 Å². The molecule has 1 fully saturated rings. The zero-order valence-corrected chi connectivity index (χ0v) is 13.0. The van der Waals surface area contributed by atoms with Crippen molar-refractivity contribution in [2.75, 3.05) is 24.6 Å². The zero-order chi connectivity index (χ0) is 13.2. The standard InChI is InChI=1S/C11H15BrN2O2S2/c12-10-2-1-9(8-13)7-11(10)18(15,16)14-3-5-17-6-4-14/h1-2,7H,3-6,8,13H2. The van der Waals surface area contributed by atoms with Gasteiger partial charge in [-0.15, -0.1) is 0 Å². The summed E-state index contributed by atoms with van der Waals surface area (Å²) in [4.78, 5) is 0.317. The van der Waals surface area contributed by atoms with Gasteiger partial charge in [0.2, 0.25) is 10.0 Å². The van der Waals surface area contributed by atoms with Crippen LogP contribution in [0, 0.1) is 0 Å². The van der Waals surface area contributed by atoms with Gasteiger partial charge >= 0.3 is 0 Å². The number of thioether (sulfide) groups is 1. The molecule has 1 heterocycles. The molecule has 1 aliphatic heterocycles. The SMILES string of the molecule is NCc1ccc(Br)c(S(=O)(=O)N2CCSCC2)c1. The third-order valence-corrected chi connectivity index (χ3v) is 6.65. The number of halogens is 1. The summed E-state index contributed by atoms with van der Waals surface area (Å²) in [6.45, 7) is 1.49. The third-order valence-electron chi connectivity index (χ3n) is 2.82. The Hall–Kier alpha value is -0.0800. The van der Waals surface area contributed by atoms with Crippen LogP contribution in [0.1, 0.15) is 5.56 Å². The Balaban J connectivity index is 2.39.